The number of carbonyl (C=O) groups is 1. The third kappa shape index (κ3) is 3.95. The molecule has 27 heavy (non-hydrogen) atoms. The first kappa shape index (κ1) is 18.7. The van der Waals surface area contributed by atoms with Crippen molar-refractivity contribution in [2.75, 3.05) is 16.2 Å². The van der Waals surface area contributed by atoms with Gasteiger partial charge in [-0.2, -0.15) is 0 Å². The molecule has 0 spiro atoms. The van der Waals surface area contributed by atoms with Crippen LogP contribution in [0.5, 0.6) is 0 Å². The molecule has 8 heteroatoms. The summed E-state index contributed by atoms with van der Waals surface area (Å²) in [6.45, 7) is 2.68. The summed E-state index contributed by atoms with van der Waals surface area (Å²) in [7, 11) is -3.77. The number of carbonyl (C=O) groups excluding carboxylic acids is 1. The van der Waals surface area contributed by atoms with Crippen molar-refractivity contribution < 1.29 is 13.2 Å². The van der Waals surface area contributed by atoms with Crippen LogP contribution >= 0.6 is 23.4 Å². The zero-order valence-electron chi connectivity index (χ0n) is 14.7. The second-order valence-electron chi connectivity index (χ2n) is 6.89. The number of anilines is 2. The van der Waals surface area contributed by atoms with Crippen LogP contribution in [0, 0.1) is 5.92 Å². The van der Waals surface area contributed by atoms with Crippen LogP contribution < -0.4 is 9.62 Å². The van der Waals surface area contributed by atoms with E-state index in [2.05, 4.69) is 11.6 Å². The number of hydrogen-bond donors (Lipinski definition) is 1. The van der Waals surface area contributed by atoms with E-state index < -0.39 is 10.0 Å². The number of halogens is 1. The van der Waals surface area contributed by atoms with Crippen molar-refractivity contribution in [3.05, 3.63) is 47.5 Å². The van der Waals surface area contributed by atoms with Gasteiger partial charge in [0, 0.05) is 33.3 Å². The summed E-state index contributed by atoms with van der Waals surface area (Å²) >= 11 is 7.52. The molecular weight excluding hydrogens is 404 g/mol. The standard InChI is InChI=1S/C19H19ClN2O3S2/c1-12-11-22(19(23)13-2-3-13)17-10-16(8-9-18(17)26-12)27(24,25)21-15-6-4-14(20)5-7-15/h4-10,12-13,21H,2-3,11H2,1H3. The van der Waals surface area contributed by atoms with E-state index in [0.29, 0.717) is 22.9 Å². The monoisotopic (exact) mass is 422 g/mol. The van der Waals surface area contributed by atoms with E-state index in [1.54, 1.807) is 59.1 Å². The van der Waals surface area contributed by atoms with E-state index in [1.807, 2.05) is 0 Å². The summed E-state index contributed by atoms with van der Waals surface area (Å²) in [6.07, 6.45) is 1.84. The number of fused-ring (bicyclic) bond motifs is 1. The average Bonchev–Trinajstić information content (AvgIpc) is 3.47. The number of thioether (sulfide) groups is 1. The lowest BCUT2D eigenvalue weighted by atomic mass is 10.2. The lowest BCUT2D eigenvalue weighted by molar-refractivity contribution is -0.119. The van der Waals surface area contributed by atoms with Gasteiger partial charge in [0.2, 0.25) is 5.91 Å². The Balaban J connectivity index is 1.67. The molecule has 1 N–H and O–H groups in total. The third-order valence-electron chi connectivity index (χ3n) is 4.59. The van der Waals surface area contributed by atoms with Crippen molar-refractivity contribution in [3.8, 4) is 0 Å². The van der Waals surface area contributed by atoms with Gasteiger partial charge in [-0.25, -0.2) is 8.42 Å². The molecule has 2 aromatic rings. The molecule has 0 aromatic heterocycles. The minimum Gasteiger partial charge on any atom is -0.310 e. The fraction of sp³-hybridized carbons (Fsp3) is 0.316. The molecule has 1 atom stereocenters. The van der Waals surface area contributed by atoms with Gasteiger partial charge in [-0.1, -0.05) is 18.5 Å². The Hall–Kier alpha value is -1.70. The normalized spacial score (nSPS) is 19.5. The highest BCUT2D eigenvalue weighted by atomic mass is 35.5. The fourth-order valence-electron chi connectivity index (χ4n) is 3.08. The Morgan fingerprint density at radius 1 is 1.19 bits per heavy atom. The van der Waals surface area contributed by atoms with Gasteiger partial charge in [-0.05, 0) is 55.3 Å². The van der Waals surface area contributed by atoms with E-state index in [4.69, 9.17) is 11.6 Å². The molecule has 1 amide bonds. The van der Waals surface area contributed by atoms with Gasteiger partial charge >= 0.3 is 0 Å². The van der Waals surface area contributed by atoms with Crippen LogP contribution in [-0.2, 0) is 14.8 Å². The Bertz CT molecular complexity index is 989. The first-order valence-corrected chi connectivity index (χ1v) is 11.5. The van der Waals surface area contributed by atoms with Crippen molar-refractivity contribution in [2.24, 2.45) is 5.92 Å². The van der Waals surface area contributed by atoms with Crippen molar-refractivity contribution in [1.29, 1.82) is 0 Å². The maximum Gasteiger partial charge on any atom is 0.261 e. The smallest absolute Gasteiger partial charge is 0.261 e. The molecule has 1 heterocycles. The van der Waals surface area contributed by atoms with Gasteiger partial charge in [0.05, 0.1) is 10.6 Å². The van der Waals surface area contributed by atoms with E-state index >= 15 is 0 Å². The number of hydrogen-bond acceptors (Lipinski definition) is 4. The third-order valence-corrected chi connectivity index (χ3v) is 7.37. The van der Waals surface area contributed by atoms with Crippen LogP contribution in [0.2, 0.25) is 5.02 Å². The van der Waals surface area contributed by atoms with Crippen LogP contribution in [0.1, 0.15) is 19.8 Å². The van der Waals surface area contributed by atoms with E-state index in [9.17, 15) is 13.2 Å². The summed E-state index contributed by atoms with van der Waals surface area (Å²) in [4.78, 5) is 15.5. The molecule has 0 radical (unpaired) electrons. The summed E-state index contributed by atoms with van der Waals surface area (Å²) < 4.78 is 28.2. The molecule has 1 aliphatic carbocycles. The zero-order chi connectivity index (χ0) is 19.2. The number of rotatable bonds is 4. The second kappa shape index (κ2) is 7.04. The van der Waals surface area contributed by atoms with Crippen molar-refractivity contribution >= 4 is 50.7 Å². The van der Waals surface area contributed by atoms with Gasteiger partial charge in [-0.3, -0.25) is 9.52 Å². The minimum atomic E-state index is -3.77. The summed E-state index contributed by atoms with van der Waals surface area (Å²) in [5.41, 5.74) is 1.13. The second-order valence-corrected chi connectivity index (χ2v) is 10.5. The van der Waals surface area contributed by atoms with Crippen molar-refractivity contribution in [3.63, 3.8) is 0 Å². The molecule has 2 aliphatic rings. The predicted molar refractivity (Wildman–Crippen MR) is 109 cm³/mol. The molecule has 142 valence electrons. The number of nitrogens with one attached hydrogen (secondary N) is 1. The molecule has 5 nitrogen and oxygen atoms in total. The highest BCUT2D eigenvalue weighted by molar-refractivity contribution is 8.00. The van der Waals surface area contributed by atoms with E-state index in [-0.39, 0.29) is 22.0 Å². The molecular formula is C19H19ClN2O3S2. The minimum absolute atomic E-state index is 0.0839. The maximum atomic E-state index is 12.8. The molecule has 1 unspecified atom stereocenters. The van der Waals surface area contributed by atoms with Crippen LogP contribution in [0.3, 0.4) is 0 Å². The lowest BCUT2D eigenvalue weighted by Gasteiger charge is -2.33. The molecule has 1 saturated carbocycles. The van der Waals surface area contributed by atoms with Crippen LogP contribution in [0.25, 0.3) is 0 Å². The van der Waals surface area contributed by atoms with Gasteiger partial charge < -0.3 is 4.90 Å². The number of amides is 1. The number of sulfonamides is 1. The van der Waals surface area contributed by atoms with Crippen molar-refractivity contribution in [1.82, 2.24) is 0 Å². The molecule has 4 rings (SSSR count). The van der Waals surface area contributed by atoms with Gasteiger partial charge in [-0.15, -0.1) is 11.8 Å². The molecule has 0 saturated heterocycles. The molecule has 1 fully saturated rings. The van der Waals surface area contributed by atoms with E-state index in [0.717, 1.165) is 17.7 Å². The maximum absolute atomic E-state index is 12.8. The number of benzene rings is 2. The highest BCUT2D eigenvalue weighted by Gasteiger charge is 2.37. The van der Waals surface area contributed by atoms with Crippen LogP contribution in [-0.4, -0.2) is 26.1 Å². The SMILES string of the molecule is CC1CN(C(=O)C2CC2)c2cc(S(=O)(=O)Nc3ccc(Cl)cc3)ccc2S1. The molecule has 0 bridgehead atoms. The largest absolute Gasteiger partial charge is 0.310 e. The first-order chi connectivity index (χ1) is 12.8. The van der Waals surface area contributed by atoms with Crippen LogP contribution in [0.15, 0.2) is 52.3 Å². The molecule has 1 aliphatic heterocycles. The lowest BCUT2D eigenvalue weighted by Crippen LogP contribution is -2.39. The quantitative estimate of drug-likeness (QED) is 0.794. The van der Waals surface area contributed by atoms with Gasteiger partial charge in [0.25, 0.3) is 10.0 Å². The zero-order valence-corrected chi connectivity index (χ0v) is 17.1. The number of nitrogens with zero attached hydrogens (tertiary/aromatic N) is 1. The first-order valence-electron chi connectivity index (χ1n) is 8.74. The van der Waals surface area contributed by atoms with Gasteiger partial charge in [0.1, 0.15) is 0 Å². The average molecular weight is 423 g/mol. The Morgan fingerprint density at radius 2 is 1.89 bits per heavy atom. The topological polar surface area (TPSA) is 66.5 Å². The summed E-state index contributed by atoms with van der Waals surface area (Å²) in [5.74, 6) is 0.184. The Morgan fingerprint density at radius 3 is 2.56 bits per heavy atom. The predicted octanol–water partition coefficient (Wildman–Crippen LogP) is 4.38. The fourth-order valence-corrected chi connectivity index (χ4v) is 5.37. The van der Waals surface area contributed by atoms with Crippen LogP contribution in [0.4, 0.5) is 11.4 Å². The Labute approximate surface area is 168 Å². The summed E-state index contributed by atoms with van der Waals surface area (Å²) in [5, 5.41) is 0.807. The van der Waals surface area contributed by atoms with E-state index in [1.165, 1.54) is 0 Å². The van der Waals surface area contributed by atoms with Gasteiger partial charge in [0.15, 0.2) is 0 Å². The molecule has 2 aromatic carbocycles. The summed E-state index contributed by atoms with van der Waals surface area (Å²) in [6, 6.07) is 11.5. The van der Waals surface area contributed by atoms with Crippen molar-refractivity contribution in [2.45, 2.75) is 34.8 Å². The highest BCUT2D eigenvalue weighted by Crippen LogP contribution is 2.42. The Kier molecular flexibility index (Phi) is 4.86.